The van der Waals surface area contributed by atoms with Crippen LogP contribution in [0.5, 0.6) is 11.5 Å². The molecule has 166 valence electrons. The van der Waals surface area contributed by atoms with Crippen molar-refractivity contribution in [3.05, 3.63) is 89.0 Å². The summed E-state index contributed by atoms with van der Waals surface area (Å²) in [5.74, 6) is 1.01. The van der Waals surface area contributed by atoms with Crippen LogP contribution in [0.3, 0.4) is 0 Å². The normalized spacial score (nSPS) is 10.7. The molecule has 0 aromatic heterocycles. The van der Waals surface area contributed by atoms with Crippen LogP contribution in [0.1, 0.15) is 29.2 Å². The molecule has 32 heavy (non-hydrogen) atoms. The summed E-state index contributed by atoms with van der Waals surface area (Å²) in [5.41, 5.74) is 4.69. The maximum atomic E-state index is 12.1. The first-order chi connectivity index (χ1) is 15.5. The number of hydrogen-bond acceptors (Lipinski definition) is 5. The van der Waals surface area contributed by atoms with Gasteiger partial charge >= 0.3 is 0 Å². The van der Waals surface area contributed by atoms with E-state index in [-0.39, 0.29) is 12.5 Å². The van der Waals surface area contributed by atoms with Crippen molar-refractivity contribution in [3.63, 3.8) is 0 Å². The summed E-state index contributed by atoms with van der Waals surface area (Å²) in [7, 11) is 0. The Kier molecular flexibility index (Phi) is 8.26. The molecular weight excluding hydrogens is 404 g/mol. The van der Waals surface area contributed by atoms with E-state index in [2.05, 4.69) is 10.5 Å². The average Bonchev–Trinajstić information content (AvgIpc) is 2.79. The van der Waals surface area contributed by atoms with Crippen LogP contribution < -0.4 is 14.8 Å². The van der Waals surface area contributed by atoms with Crippen molar-refractivity contribution in [2.75, 3.05) is 18.5 Å². The summed E-state index contributed by atoms with van der Waals surface area (Å²) in [6.07, 6.45) is 1.54. The van der Waals surface area contributed by atoms with Gasteiger partial charge in [-0.2, -0.15) is 0 Å². The highest BCUT2D eigenvalue weighted by Crippen LogP contribution is 2.29. The molecule has 0 radical (unpaired) electrons. The highest BCUT2D eigenvalue weighted by Gasteiger charge is 2.08. The summed E-state index contributed by atoms with van der Waals surface area (Å²) in [6.45, 7) is 6.62. The number of carbonyl (C=O) groups is 1. The summed E-state index contributed by atoms with van der Waals surface area (Å²) >= 11 is 0. The summed E-state index contributed by atoms with van der Waals surface area (Å²) in [5, 5.41) is 6.74. The fraction of sp³-hybridized carbons (Fsp3) is 0.231. The zero-order chi connectivity index (χ0) is 22.8. The van der Waals surface area contributed by atoms with E-state index < -0.39 is 0 Å². The minimum Gasteiger partial charge on any atom is -0.490 e. The lowest BCUT2D eigenvalue weighted by Crippen LogP contribution is -2.17. The molecule has 3 aromatic rings. The molecule has 1 N–H and O–H groups in total. The Morgan fingerprint density at radius 3 is 2.56 bits per heavy atom. The fourth-order valence-corrected chi connectivity index (χ4v) is 2.98. The van der Waals surface area contributed by atoms with Crippen molar-refractivity contribution in [1.29, 1.82) is 0 Å². The average molecular weight is 433 g/mol. The maximum Gasteiger partial charge on any atom is 0.265 e. The quantitative estimate of drug-likeness (QED) is 0.350. The third-order valence-corrected chi connectivity index (χ3v) is 4.64. The number of nitrogens with zero attached hydrogens (tertiary/aromatic N) is 1. The van der Waals surface area contributed by atoms with Crippen LogP contribution in [0, 0.1) is 13.8 Å². The van der Waals surface area contributed by atoms with Gasteiger partial charge in [0, 0.05) is 11.3 Å². The first-order valence-electron chi connectivity index (χ1n) is 10.5. The molecule has 0 aliphatic carbocycles. The Balaban J connectivity index is 1.54. The zero-order valence-electron chi connectivity index (χ0n) is 18.6. The number of rotatable bonds is 10. The third kappa shape index (κ3) is 6.87. The van der Waals surface area contributed by atoms with Gasteiger partial charge in [0.1, 0.15) is 6.61 Å². The molecular formula is C26H28N2O4. The number of ether oxygens (including phenoxy) is 2. The molecule has 0 fully saturated rings. The summed E-state index contributed by atoms with van der Waals surface area (Å²) in [4.78, 5) is 17.3. The van der Waals surface area contributed by atoms with Gasteiger partial charge in [0.05, 0.1) is 12.8 Å². The van der Waals surface area contributed by atoms with E-state index in [9.17, 15) is 4.79 Å². The van der Waals surface area contributed by atoms with Crippen molar-refractivity contribution in [2.45, 2.75) is 27.4 Å². The topological polar surface area (TPSA) is 69.2 Å². The molecule has 0 saturated carbocycles. The van der Waals surface area contributed by atoms with Gasteiger partial charge in [-0.05, 0) is 61.7 Å². The molecule has 0 unspecified atom stereocenters. The van der Waals surface area contributed by atoms with Crippen LogP contribution in [0.25, 0.3) is 0 Å². The van der Waals surface area contributed by atoms with Crippen molar-refractivity contribution in [3.8, 4) is 11.5 Å². The van der Waals surface area contributed by atoms with Crippen LogP contribution in [0.2, 0.25) is 0 Å². The van der Waals surface area contributed by atoms with Crippen molar-refractivity contribution >= 4 is 17.8 Å². The lowest BCUT2D eigenvalue weighted by atomic mass is 10.1. The number of hydrogen-bond donors (Lipinski definition) is 1. The summed E-state index contributed by atoms with van der Waals surface area (Å²) in [6, 6.07) is 21.3. The van der Waals surface area contributed by atoms with E-state index in [4.69, 9.17) is 14.3 Å². The van der Waals surface area contributed by atoms with Crippen molar-refractivity contribution in [2.24, 2.45) is 5.16 Å². The second-order valence-corrected chi connectivity index (χ2v) is 7.29. The molecule has 3 rings (SSSR count). The molecule has 0 saturated heterocycles. The molecule has 3 aromatic carbocycles. The maximum absolute atomic E-state index is 12.1. The Morgan fingerprint density at radius 2 is 1.78 bits per heavy atom. The first kappa shape index (κ1) is 22.9. The molecule has 6 heteroatoms. The van der Waals surface area contributed by atoms with E-state index in [0.29, 0.717) is 24.7 Å². The first-order valence-corrected chi connectivity index (χ1v) is 10.5. The standard InChI is InChI=1S/C26H28N2O4/c1-4-30-25-15-22(12-13-24(25)31-17-21-8-6-5-7-9-21)16-27-32-18-26(29)28-23-14-19(2)10-11-20(23)3/h5-16H,4,17-18H2,1-3H3,(H,28,29). The number of carbonyl (C=O) groups excluding carboxylic acids is 1. The van der Waals surface area contributed by atoms with Crippen LogP contribution >= 0.6 is 0 Å². The van der Waals surface area contributed by atoms with E-state index in [1.165, 1.54) is 6.21 Å². The number of amides is 1. The lowest BCUT2D eigenvalue weighted by Gasteiger charge is -2.12. The van der Waals surface area contributed by atoms with E-state index in [0.717, 1.165) is 27.9 Å². The van der Waals surface area contributed by atoms with Gasteiger partial charge in [0.25, 0.3) is 5.91 Å². The Bertz CT molecular complexity index is 1060. The summed E-state index contributed by atoms with van der Waals surface area (Å²) < 4.78 is 11.6. The van der Waals surface area contributed by atoms with Gasteiger partial charge in [-0.15, -0.1) is 0 Å². The highest BCUT2D eigenvalue weighted by atomic mass is 16.6. The van der Waals surface area contributed by atoms with Gasteiger partial charge in [0.2, 0.25) is 0 Å². The molecule has 0 aliphatic rings. The Labute approximate surface area is 188 Å². The zero-order valence-corrected chi connectivity index (χ0v) is 18.6. The fourth-order valence-electron chi connectivity index (χ4n) is 2.98. The lowest BCUT2D eigenvalue weighted by molar-refractivity contribution is -0.120. The number of oxime groups is 1. The van der Waals surface area contributed by atoms with Gasteiger partial charge in [0.15, 0.2) is 18.1 Å². The molecule has 0 spiro atoms. The van der Waals surface area contributed by atoms with Gasteiger partial charge in [-0.3, -0.25) is 4.79 Å². The molecule has 0 heterocycles. The SMILES string of the molecule is CCOc1cc(C=NOCC(=O)Nc2cc(C)ccc2C)ccc1OCc1ccccc1. The number of benzene rings is 3. The number of aryl methyl sites for hydroxylation is 2. The van der Waals surface area contributed by atoms with E-state index >= 15 is 0 Å². The largest absolute Gasteiger partial charge is 0.490 e. The van der Waals surface area contributed by atoms with Crippen molar-refractivity contribution in [1.82, 2.24) is 0 Å². The minimum absolute atomic E-state index is 0.180. The number of nitrogens with one attached hydrogen (secondary N) is 1. The molecule has 0 bridgehead atoms. The van der Waals surface area contributed by atoms with E-state index in [1.54, 1.807) is 0 Å². The van der Waals surface area contributed by atoms with Crippen LogP contribution in [-0.2, 0) is 16.2 Å². The Morgan fingerprint density at radius 1 is 0.969 bits per heavy atom. The smallest absolute Gasteiger partial charge is 0.265 e. The van der Waals surface area contributed by atoms with Gasteiger partial charge in [-0.1, -0.05) is 47.6 Å². The van der Waals surface area contributed by atoms with Gasteiger partial charge < -0.3 is 19.6 Å². The predicted molar refractivity (Wildman–Crippen MR) is 126 cm³/mol. The second kappa shape index (κ2) is 11.6. The monoisotopic (exact) mass is 432 g/mol. The second-order valence-electron chi connectivity index (χ2n) is 7.29. The molecule has 0 atom stereocenters. The highest BCUT2D eigenvalue weighted by molar-refractivity contribution is 5.92. The Hall–Kier alpha value is -3.80. The number of anilines is 1. The molecule has 6 nitrogen and oxygen atoms in total. The van der Waals surface area contributed by atoms with Crippen molar-refractivity contribution < 1.29 is 19.1 Å². The molecule has 1 amide bonds. The van der Waals surface area contributed by atoms with Crippen LogP contribution in [0.4, 0.5) is 5.69 Å². The van der Waals surface area contributed by atoms with Crippen LogP contribution in [0.15, 0.2) is 71.9 Å². The van der Waals surface area contributed by atoms with Gasteiger partial charge in [-0.25, -0.2) is 0 Å². The molecule has 0 aliphatic heterocycles. The third-order valence-electron chi connectivity index (χ3n) is 4.64. The van der Waals surface area contributed by atoms with Crippen LogP contribution in [-0.4, -0.2) is 25.3 Å². The predicted octanol–water partition coefficient (Wildman–Crippen LogP) is 5.27. The van der Waals surface area contributed by atoms with E-state index in [1.807, 2.05) is 87.5 Å². The minimum atomic E-state index is -0.268.